The van der Waals surface area contributed by atoms with E-state index in [9.17, 15) is 16.8 Å². The molecule has 0 aliphatic carbocycles. The summed E-state index contributed by atoms with van der Waals surface area (Å²) in [5.74, 6) is 0. The van der Waals surface area contributed by atoms with E-state index >= 15 is 0 Å². The minimum absolute atomic E-state index is 0. The van der Waals surface area contributed by atoms with Crippen LogP contribution < -0.4 is 70.0 Å². The molecule has 9 nitrogen and oxygen atoms in total. The van der Waals surface area contributed by atoms with Gasteiger partial charge in [-0.1, -0.05) is 5.11 Å². The summed E-state index contributed by atoms with van der Waals surface area (Å²) in [7, 11) is -8.75. The predicted octanol–water partition coefficient (Wildman–Crippen LogP) is -5.73. The van der Waals surface area contributed by atoms with Crippen molar-refractivity contribution in [3.8, 4) is 0 Å². The molecule has 0 saturated heterocycles. The van der Waals surface area contributed by atoms with Crippen molar-refractivity contribution in [2.45, 2.75) is 9.79 Å². The molecule has 2 aromatic carbocycles. The predicted molar refractivity (Wildman–Crippen MR) is 79.6 cm³/mol. The van der Waals surface area contributed by atoms with E-state index in [0.29, 0.717) is 5.69 Å². The second-order valence-electron chi connectivity index (χ2n) is 4.42. The van der Waals surface area contributed by atoms with Crippen LogP contribution in [0.5, 0.6) is 0 Å². The number of rotatable bonds is 4. The molecular weight excluding hydrogens is 392 g/mol. The van der Waals surface area contributed by atoms with Crippen molar-refractivity contribution in [3.05, 3.63) is 42.5 Å². The Morgan fingerprint density at radius 2 is 1.44 bits per heavy atom. The first-order valence-corrected chi connectivity index (χ1v) is 8.87. The largest absolute Gasteiger partial charge is 1.00 e. The minimum Gasteiger partial charge on any atom is -0.398 e. The SMILES string of the molecule is Nc1ccc(N=[NH+]c2ccc(S(=O)(=O)O)cc2)cc1S(=O)(=O)O.[Na+].[Na+]. The Bertz CT molecular complexity index is 976. The topological polar surface area (TPSA) is 161 Å². The van der Waals surface area contributed by atoms with Gasteiger partial charge < -0.3 is 5.73 Å². The third-order valence-corrected chi connectivity index (χ3v) is 4.52. The number of nitrogen functional groups attached to an aromatic ring is 1. The summed E-state index contributed by atoms with van der Waals surface area (Å²) in [6.45, 7) is 0. The Labute approximate surface area is 188 Å². The van der Waals surface area contributed by atoms with Gasteiger partial charge in [0.25, 0.3) is 20.2 Å². The van der Waals surface area contributed by atoms with Crippen molar-refractivity contribution in [1.29, 1.82) is 0 Å². The molecule has 0 aromatic heterocycles. The van der Waals surface area contributed by atoms with Crippen molar-refractivity contribution in [2.75, 3.05) is 5.73 Å². The van der Waals surface area contributed by atoms with E-state index in [1.54, 1.807) is 0 Å². The molecule has 0 aliphatic heterocycles. The van der Waals surface area contributed by atoms with Crippen molar-refractivity contribution in [1.82, 2.24) is 0 Å². The second-order valence-corrected chi connectivity index (χ2v) is 7.23. The molecule has 0 heterocycles. The Morgan fingerprint density at radius 1 is 0.880 bits per heavy atom. The van der Waals surface area contributed by atoms with Crippen LogP contribution in [-0.2, 0) is 20.2 Å². The maximum Gasteiger partial charge on any atom is 1.00 e. The van der Waals surface area contributed by atoms with Gasteiger partial charge in [-0.15, -0.1) is 0 Å². The van der Waals surface area contributed by atoms with Crippen LogP contribution in [0.15, 0.2) is 57.4 Å². The van der Waals surface area contributed by atoms with Crippen molar-refractivity contribution < 1.29 is 90.2 Å². The maximum absolute atomic E-state index is 11.1. The van der Waals surface area contributed by atoms with Gasteiger partial charge in [0.1, 0.15) is 10.6 Å². The molecule has 122 valence electrons. The molecule has 0 fully saturated rings. The van der Waals surface area contributed by atoms with Crippen LogP contribution in [0, 0.1) is 0 Å². The Balaban J connectivity index is 0.00000288. The molecule has 0 atom stereocenters. The number of azo groups is 1. The first-order valence-electron chi connectivity index (χ1n) is 5.99. The van der Waals surface area contributed by atoms with Crippen LogP contribution in [0.2, 0.25) is 0 Å². The molecule has 0 spiro atoms. The van der Waals surface area contributed by atoms with E-state index in [4.69, 9.17) is 14.8 Å². The number of nitrogens with two attached hydrogens (primary N) is 1. The van der Waals surface area contributed by atoms with Gasteiger partial charge >= 0.3 is 59.1 Å². The molecule has 13 heteroatoms. The van der Waals surface area contributed by atoms with E-state index in [2.05, 4.69) is 10.2 Å². The number of benzene rings is 2. The minimum atomic E-state index is -4.47. The summed E-state index contributed by atoms with van der Waals surface area (Å²) in [5, 5.41) is 6.46. The van der Waals surface area contributed by atoms with Crippen LogP contribution in [0.25, 0.3) is 0 Å². The smallest absolute Gasteiger partial charge is 0.398 e. The molecule has 0 amide bonds. The molecular formula is C12H12N3Na2O6S2+3. The van der Waals surface area contributed by atoms with Gasteiger partial charge in [-0.05, 0) is 35.4 Å². The van der Waals surface area contributed by atoms with Gasteiger partial charge in [0, 0.05) is 12.1 Å². The third kappa shape index (κ3) is 7.06. The van der Waals surface area contributed by atoms with Crippen LogP contribution >= 0.6 is 0 Å². The summed E-state index contributed by atoms with van der Waals surface area (Å²) in [6, 6.07) is 8.81. The first-order chi connectivity index (χ1) is 10.6. The number of nitrogens with zero attached hydrogens (tertiary/aromatic N) is 1. The van der Waals surface area contributed by atoms with Crippen LogP contribution in [0.1, 0.15) is 0 Å². The first kappa shape index (κ1) is 24.7. The molecule has 0 unspecified atom stereocenters. The van der Waals surface area contributed by atoms with Crippen molar-refractivity contribution in [2.24, 2.45) is 5.11 Å². The fourth-order valence-electron chi connectivity index (χ4n) is 1.65. The quantitative estimate of drug-likeness (QED) is 0.171. The number of nitrogens with one attached hydrogen (secondary N) is 1. The summed E-state index contributed by atoms with van der Waals surface area (Å²) in [4.78, 5) is -0.744. The monoisotopic (exact) mass is 404 g/mol. The summed E-state index contributed by atoms with van der Waals surface area (Å²) in [6.07, 6.45) is 0. The average Bonchev–Trinajstić information content (AvgIpc) is 2.44. The second kappa shape index (κ2) is 9.55. The summed E-state index contributed by atoms with van der Waals surface area (Å²) >= 11 is 0. The Morgan fingerprint density at radius 3 is 1.92 bits per heavy atom. The van der Waals surface area contributed by atoms with E-state index in [1.165, 1.54) is 36.4 Å². The Hall–Kier alpha value is -0.340. The number of anilines is 1. The fourth-order valence-corrected chi connectivity index (χ4v) is 2.76. The zero-order valence-corrected chi connectivity index (χ0v) is 19.0. The van der Waals surface area contributed by atoms with Gasteiger partial charge in [0.05, 0.1) is 10.6 Å². The molecule has 0 bridgehead atoms. The van der Waals surface area contributed by atoms with Crippen molar-refractivity contribution >= 4 is 37.3 Å². The van der Waals surface area contributed by atoms with E-state index in [0.717, 1.165) is 6.07 Å². The van der Waals surface area contributed by atoms with Crippen LogP contribution in [-0.4, -0.2) is 25.9 Å². The normalized spacial score (nSPS) is 11.6. The van der Waals surface area contributed by atoms with Gasteiger partial charge in [-0.25, -0.2) is 0 Å². The molecule has 5 N–H and O–H groups in total. The summed E-state index contributed by atoms with van der Waals surface area (Å²) < 4.78 is 62.0. The Kier molecular flexibility index (Phi) is 9.42. The number of hydrogen-bond acceptors (Lipinski definition) is 6. The van der Waals surface area contributed by atoms with Gasteiger partial charge in [0.15, 0.2) is 0 Å². The standard InChI is InChI=1S/C12H11N3O6S2.2Na/c13-11-6-3-9(7-12(11)23(19,20)21)15-14-8-1-4-10(5-2-8)22(16,17)18;;/h1-7H,13H2,(H,16,17,18)(H,19,20,21);;/q;2*+1/p+1. The molecule has 2 aromatic rings. The third-order valence-electron chi connectivity index (χ3n) is 2.74. The van der Waals surface area contributed by atoms with Crippen molar-refractivity contribution in [3.63, 3.8) is 0 Å². The van der Waals surface area contributed by atoms with Gasteiger partial charge in [0.2, 0.25) is 5.69 Å². The van der Waals surface area contributed by atoms with Crippen LogP contribution in [0.3, 0.4) is 0 Å². The van der Waals surface area contributed by atoms with Crippen LogP contribution in [0.4, 0.5) is 17.1 Å². The zero-order valence-electron chi connectivity index (χ0n) is 13.4. The number of hydrogen-bond donors (Lipinski definition) is 4. The molecule has 0 saturated carbocycles. The maximum atomic E-state index is 11.1. The van der Waals surface area contributed by atoms with E-state index < -0.39 is 25.1 Å². The van der Waals surface area contributed by atoms with E-state index in [1.807, 2.05) is 0 Å². The molecule has 2 rings (SSSR count). The van der Waals surface area contributed by atoms with E-state index in [-0.39, 0.29) is 75.4 Å². The average molecular weight is 404 g/mol. The fraction of sp³-hybridized carbons (Fsp3) is 0. The zero-order chi connectivity index (χ0) is 17.3. The summed E-state index contributed by atoms with van der Waals surface area (Å²) in [5.41, 5.74) is 5.90. The molecule has 25 heavy (non-hydrogen) atoms. The van der Waals surface area contributed by atoms with Gasteiger partial charge in [-0.2, -0.15) is 16.8 Å². The molecule has 0 radical (unpaired) electrons. The molecule has 0 aliphatic rings. The van der Waals surface area contributed by atoms with Gasteiger partial charge in [-0.3, -0.25) is 9.11 Å².